The van der Waals surface area contributed by atoms with Crippen molar-refractivity contribution in [2.45, 2.75) is 45.2 Å². The zero-order valence-corrected chi connectivity index (χ0v) is 14.4. The van der Waals surface area contributed by atoms with Crippen molar-refractivity contribution in [3.63, 3.8) is 0 Å². The summed E-state index contributed by atoms with van der Waals surface area (Å²) in [6.45, 7) is 5.59. The van der Waals surface area contributed by atoms with Crippen molar-refractivity contribution in [3.05, 3.63) is 29.3 Å². The molecule has 2 nitrogen and oxygen atoms in total. The van der Waals surface area contributed by atoms with E-state index in [0.29, 0.717) is 18.6 Å². The van der Waals surface area contributed by atoms with E-state index in [9.17, 15) is 31.1 Å². The normalized spacial score (nSPS) is 14.4. The number of amides is 1. The summed E-state index contributed by atoms with van der Waals surface area (Å²) in [6.07, 6.45) is -9.51. The summed E-state index contributed by atoms with van der Waals surface area (Å²) in [5.41, 5.74) is -4.35. The van der Waals surface area contributed by atoms with Gasteiger partial charge in [0.1, 0.15) is 0 Å². The van der Waals surface area contributed by atoms with Crippen LogP contribution in [0.1, 0.15) is 38.3 Å². The third-order valence-electron chi connectivity index (χ3n) is 3.02. The van der Waals surface area contributed by atoms with Gasteiger partial charge < -0.3 is 5.32 Å². The van der Waals surface area contributed by atoms with E-state index in [1.54, 1.807) is 0 Å². The number of hydrogen-bond donors (Lipinski definition) is 1. The van der Waals surface area contributed by atoms with Crippen LogP contribution in [-0.2, 0) is 17.1 Å². The van der Waals surface area contributed by atoms with Gasteiger partial charge in [-0.25, -0.2) is 0 Å². The number of carbonyl (C=O) groups is 1. The molecule has 0 aliphatic heterocycles. The third-order valence-corrected chi connectivity index (χ3v) is 3.56. The molecule has 0 fully saturated rings. The number of halogens is 6. The predicted octanol–water partition coefficient (Wildman–Crippen LogP) is 5.34. The molecule has 1 amide bonds. The van der Waals surface area contributed by atoms with Crippen LogP contribution in [0.25, 0.3) is 0 Å². The minimum atomic E-state index is -4.95. The molecule has 1 rings (SSSR count). The topological polar surface area (TPSA) is 29.1 Å². The van der Waals surface area contributed by atoms with Gasteiger partial charge >= 0.3 is 12.4 Å². The molecule has 2 unspecified atom stereocenters. The Morgan fingerprint density at radius 3 is 1.75 bits per heavy atom. The van der Waals surface area contributed by atoms with Crippen LogP contribution >= 0.6 is 9.24 Å². The molecule has 0 aliphatic rings. The molecule has 0 bridgehead atoms. The Morgan fingerprint density at radius 1 is 1.00 bits per heavy atom. The lowest BCUT2D eigenvalue weighted by atomic mass is 9.90. The van der Waals surface area contributed by atoms with Gasteiger partial charge in [-0.1, -0.05) is 20.8 Å². The smallest absolute Gasteiger partial charge is 0.326 e. The van der Waals surface area contributed by atoms with E-state index in [1.165, 1.54) is 0 Å². The van der Waals surface area contributed by atoms with Crippen molar-refractivity contribution in [2.75, 3.05) is 5.32 Å². The van der Waals surface area contributed by atoms with Crippen LogP contribution in [0, 0.1) is 5.41 Å². The van der Waals surface area contributed by atoms with E-state index in [1.807, 2.05) is 20.8 Å². The molecule has 0 saturated carbocycles. The Balaban J connectivity index is 3.13. The van der Waals surface area contributed by atoms with Crippen molar-refractivity contribution in [1.29, 1.82) is 0 Å². The Bertz CT molecular complexity index is 571. The quantitative estimate of drug-likeness (QED) is 0.562. The largest absolute Gasteiger partial charge is 0.416 e. The predicted molar refractivity (Wildman–Crippen MR) is 82.6 cm³/mol. The Kier molecular flexibility index (Phi) is 5.97. The number of alkyl halides is 6. The summed E-state index contributed by atoms with van der Waals surface area (Å²) >= 11 is 0. The van der Waals surface area contributed by atoms with E-state index in [2.05, 4.69) is 14.6 Å². The molecule has 0 spiro atoms. The van der Waals surface area contributed by atoms with E-state index in [4.69, 9.17) is 0 Å². The maximum Gasteiger partial charge on any atom is 0.416 e. The van der Waals surface area contributed by atoms with Gasteiger partial charge in [0, 0.05) is 5.69 Å². The molecule has 0 radical (unpaired) electrons. The van der Waals surface area contributed by atoms with Gasteiger partial charge in [-0.2, -0.15) is 26.3 Å². The molecule has 2 atom stereocenters. The number of rotatable bonds is 3. The summed E-state index contributed by atoms with van der Waals surface area (Å²) in [7, 11) is 2.25. The van der Waals surface area contributed by atoms with Crippen LogP contribution in [-0.4, -0.2) is 11.6 Å². The first-order chi connectivity index (χ1) is 10.6. The molecule has 0 aliphatic carbocycles. The van der Waals surface area contributed by atoms with Gasteiger partial charge in [0.05, 0.1) is 16.8 Å². The van der Waals surface area contributed by atoms with Crippen LogP contribution in [0.5, 0.6) is 0 Å². The fourth-order valence-corrected chi connectivity index (χ4v) is 2.80. The molecule has 136 valence electrons. The minimum Gasteiger partial charge on any atom is -0.326 e. The lowest BCUT2D eigenvalue weighted by Crippen LogP contribution is -2.27. The zero-order valence-electron chi connectivity index (χ0n) is 13.3. The van der Waals surface area contributed by atoms with Crippen molar-refractivity contribution < 1.29 is 31.1 Å². The Morgan fingerprint density at radius 2 is 1.42 bits per heavy atom. The van der Waals surface area contributed by atoms with Crippen LogP contribution in [0.4, 0.5) is 32.0 Å². The second-order valence-electron chi connectivity index (χ2n) is 6.66. The van der Waals surface area contributed by atoms with Crippen molar-refractivity contribution in [1.82, 2.24) is 0 Å². The summed E-state index contributed by atoms with van der Waals surface area (Å²) in [6, 6.07) is 0.992. The van der Waals surface area contributed by atoms with E-state index in [0.717, 1.165) is 0 Å². The minimum absolute atomic E-state index is 0.0169. The standard InChI is InChI=1S/C15H18F6NOP/c1-13(2,3)7-11(24)12(23)22-10-5-8(14(16,17)18)4-9(6-10)15(19,20)21/h4-6,11H,7,24H2,1-3H3,(H,22,23). The number of anilines is 1. The maximum absolute atomic E-state index is 12.8. The summed E-state index contributed by atoms with van der Waals surface area (Å²) < 4.78 is 76.6. The highest BCUT2D eigenvalue weighted by Crippen LogP contribution is 2.37. The maximum atomic E-state index is 12.8. The second-order valence-corrected chi connectivity index (χ2v) is 7.46. The van der Waals surface area contributed by atoms with Gasteiger partial charge in [0.25, 0.3) is 0 Å². The van der Waals surface area contributed by atoms with E-state index >= 15 is 0 Å². The summed E-state index contributed by atoms with van der Waals surface area (Å²) in [4.78, 5) is 12.0. The van der Waals surface area contributed by atoms with Crippen LogP contribution in [0.15, 0.2) is 18.2 Å². The monoisotopic (exact) mass is 373 g/mol. The molecule has 1 aromatic rings. The number of carbonyl (C=O) groups excluding carboxylic acids is 1. The third kappa shape index (κ3) is 6.30. The first-order valence-corrected chi connectivity index (χ1v) is 7.62. The van der Waals surface area contributed by atoms with E-state index < -0.39 is 40.7 Å². The first-order valence-electron chi connectivity index (χ1n) is 6.95. The molecule has 0 aromatic heterocycles. The van der Waals surface area contributed by atoms with Gasteiger partial charge in [-0.15, -0.1) is 9.24 Å². The van der Waals surface area contributed by atoms with Crippen molar-refractivity contribution in [3.8, 4) is 0 Å². The van der Waals surface area contributed by atoms with Crippen LogP contribution in [0.2, 0.25) is 0 Å². The molecule has 1 aromatic carbocycles. The van der Waals surface area contributed by atoms with E-state index in [-0.39, 0.29) is 11.5 Å². The molecule has 1 N–H and O–H groups in total. The van der Waals surface area contributed by atoms with Gasteiger partial charge in [0.15, 0.2) is 0 Å². The van der Waals surface area contributed by atoms with Gasteiger partial charge in [-0.05, 0) is 30.0 Å². The lowest BCUT2D eigenvalue weighted by molar-refractivity contribution is -0.143. The molecule has 9 heteroatoms. The molecular formula is C15H18F6NOP. The highest BCUT2D eigenvalue weighted by atomic mass is 31.0. The van der Waals surface area contributed by atoms with Gasteiger partial charge in [0.2, 0.25) is 5.91 Å². The van der Waals surface area contributed by atoms with Crippen LogP contribution in [0.3, 0.4) is 0 Å². The number of hydrogen-bond acceptors (Lipinski definition) is 1. The van der Waals surface area contributed by atoms with Gasteiger partial charge in [-0.3, -0.25) is 4.79 Å². The van der Waals surface area contributed by atoms with Crippen molar-refractivity contribution in [2.24, 2.45) is 5.41 Å². The molecule has 0 heterocycles. The Hall–Kier alpha value is -1.30. The highest BCUT2D eigenvalue weighted by molar-refractivity contribution is 7.19. The summed E-state index contributed by atoms with van der Waals surface area (Å²) in [5.74, 6) is -0.664. The highest BCUT2D eigenvalue weighted by Gasteiger charge is 2.37. The average molecular weight is 373 g/mol. The summed E-state index contributed by atoms with van der Waals surface area (Å²) in [5, 5.41) is 2.13. The first kappa shape index (κ1) is 20.7. The fraction of sp³-hybridized carbons (Fsp3) is 0.533. The second kappa shape index (κ2) is 6.90. The molecule has 24 heavy (non-hydrogen) atoms. The Labute approximate surface area is 138 Å². The average Bonchev–Trinajstić information content (AvgIpc) is 2.34. The SMILES string of the molecule is CC(C)(C)CC(P)C(=O)Nc1cc(C(F)(F)F)cc(C(F)(F)F)c1. The van der Waals surface area contributed by atoms with Crippen LogP contribution < -0.4 is 5.32 Å². The molecule has 0 saturated heterocycles. The zero-order chi connectivity index (χ0) is 18.9. The molecular weight excluding hydrogens is 355 g/mol. The fourth-order valence-electron chi connectivity index (χ4n) is 2.01. The van der Waals surface area contributed by atoms with Crippen molar-refractivity contribution >= 4 is 20.8 Å². The lowest BCUT2D eigenvalue weighted by Gasteiger charge is -2.23. The number of nitrogens with one attached hydrogen (secondary N) is 1. The number of benzene rings is 1.